The topological polar surface area (TPSA) is 98.9 Å². The van der Waals surface area contributed by atoms with Crippen LogP contribution in [-0.2, 0) is 24.3 Å². The molecule has 2 heterocycles. The lowest BCUT2D eigenvalue weighted by molar-refractivity contribution is -0.119. The summed E-state index contributed by atoms with van der Waals surface area (Å²) >= 11 is 1.19. The zero-order chi connectivity index (χ0) is 24.3. The van der Waals surface area contributed by atoms with Crippen molar-refractivity contribution in [2.75, 3.05) is 5.75 Å². The molecule has 0 spiro atoms. The summed E-state index contributed by atoms with van der Waals surface area (Å²) in [6, 6.07) is 9.80. The minimum Gasteiger partial charge on any atom is -0.349 e. The van der Waals surface area contributed by atoms with E-state index < -0.39 is 16.7 Å². The lowest BCUT2D eigenvalue weighted by Crippen LogP contribution is -2.38. The molecule has 9 heteroatoms. The molecule has 0 bridgehead atoms. The first-order valence-corrected chi connectivity index (χ1v) is 12.0. The van der Waals surface area contributed by atoms with E-state index in [9.17, 15) is 14.4 Å². The fourth-order valence-corrected chi connectivity index (χ4v) is 4.36. The molecule has 1 aromatic carbocycles. The number of thioether (sulfide) groups is 1. The molecule has 0 saturated heterocycles. The lowest BCUT2D eigenvalue weighted by Gasteiger charge is -2.20. The first-order valence-electron chi connectivity index (χ1n) is 11.0. The van der Waals surface area contributed by atoms with Crippen molar-refractivity contribution in [1.82, 2.24) is 24.4 Å². The first kappa shape index (κ1) is 24.7. The molecule has 176 valence electrons. The van der Waals surface area contributed by atoms with Gasteiger partial charge in [-0.2, -0.15) is 0 Å². The summed E-state index contributed by atoms with van der Waals surface area (Å²) in [5.41, 5.74) is 0.0142. The number of hydrogen-bond acceptors (Lipinski definition) is 6. The summed E-state index contributed by atoms with van der Waals surface area (Å²) in [7, 11) is 3.01. The van der Waals surface area contributed by atoms with Crippen LogP contribution in [-0.4, -0.2) is 30.8 Å². The number of fused-ring (bicyclic) bond motifs is 1. The Hall–Kier alpha value is -2.94. The van der Waals surface area contributed by atoms with Crippen LogP contribution < -0.4 is 16.6 Å². The highest BCUT2D eigenvalue weighted by molar-refractivity contribution is 8.00. The fourth-order valence-electron chi connectivity index (χ4n) is 3.53. The van der Waals surface area contributed by atoms with Crippen LogP contribution in [0.4, 0.5) is 0 Å². The van der Waals surface area contributed by atoms with Crippen LogP contribution in [0.3, 0.4) is 0 Å². The Morgan fingerprint density at radius 2 is 1.76 bits per heavy atom. The molecule has 0 radical (unpaired) electrons. The van der Waals surface area contributed by atoms with E-state index in [0.717, 1.165) is 23.0 Å². The number of nitrogens with zero attached hydrogens (tertiary/aromatic N) is 4. The highest BCUT2D eigenvalue weighted by atomic mass is 32.2. The molecule has 1 N–H and O–H groups in total. The lowest BCUT2D eigenvalue weighted by atomic mass is 9.96. The maximum absolute atomic E-state index is 12.9. The number of carbonyl (C=O) groups excluding carboxylic acids is 1. The molecule has 1 unspecified atom stereocenters. The molecule has 3 aromatic rings. The number of benzene rings is 1. The summed E-state index contributed by atoms with van der Waals surface area (Å²) in [5.74, 6) is 0.455. The van der Waals surface area contributed by atoms with E-state index in [1.165, 1.54) is 23.4 Å². The van der Waals surface area contributed by atoms with Gasteiger partial charge in [0.05, 0.1) is 11.8 Å². The molecule has 33 heavy (non-hydrogen) atoms. The minimum atomic E-state index is -0.468. The van der Waals surface area contributed by atoms with Crippen molar-refractivity contribution < 1.29 is 4.79 Å². The number of aryl methyl sites for hydroxylation is 1. The summed E-state index contributed by atoms with van der Waals surface area (Å²) in [4.78, 5) is 47.4. The summed E-state index contributed by atoms with van der Waals surface area (Å²) in [5, 5.41) is 3.76. The number of carbonyl (C=O) groups is 1. The molecule has 0 fully saturated rings. The molecule has 8 nitrogen and oxygen atoms in total. The predicted octanol–water partition coefficient (Wildman–Crippen LogP) is 3.07. The van der Waals surface area contributed by atoms with Crippen LogP contribution in [0.1, 0.15) is 58.0 Å². The van der Waals surface area contributed by atoms with E-state index in [0.29, 0.717) is 10.9 Å². The Morgan fingerprint density at radius 1 is 1.09 bits per heavy atom. The normalized spacial score (nSPS) is 12.7. The summed E-state index contributed by atoms with van der Waals surface area (Å²) in [6.07, 6.45) is 1.76. The molecule has 0 aliphatic heterocycles. The third-order valence-electron chi connectivity index (χ3n) is 5.39. The molecule has 2 aromatic heterocycles. The largest absolute Gasteiger partial charge is 0.349 e. The first-order chi connectivity index (χ1) is 15.5. The number of rotatable bonds is 7. The molecule has 0 aliphatic rings. The minimum absolute atomic E-state index is 0.0785. The summed E-state index contributed by atoms with van der Waals surface area (Å²) in [6.45, 7) is 7.97. The van der Waals surface area contributed by atoms with Gasteiger partial charge in [0.15, 0.2) is 5.65 Å². The van der Waals surface area contributed by atoms with Gasteiger partial charge in [0, 0.05) is 19.5 Å². The van der Waals surface area contributed by atoms with E-state index in [1.54, 1.807) is 7.05 Å². The van der Waals surface area contributed by atoms with E-state index in [1.807, 2.05) is 51.1 Å². The smallest absolute Gasteiger partial charge is 0.332 e. The van der Waals surface area contributed by atoms with E-state index in [4.69, 9.17) is 0 Å². The van der Waals surface area contributed by atoms with Crippen LogP contribution in [0.25, 0.3) is 11.0 Å². The number of amides is 1. The zero-order valence-corrected chi connectivity index (χ0v) is 20.8. The average molecular weight is 470 g/mol. The van der Waals surface area contributed by atoms with Crippen molar-refractivity contribution in [3.05, 3.63) is 62.6 Å². The van der Waals surface area contributed by atoms with E-state index in [2.05, 4.69) is 22.2 Å². The standard InChI is InChI=1S/C24H31N5O3S/c1-7-11-16(15-12-9-8-10-13-15)25-17(30)14-33-20-18-19(26-22(27-20)24(2,3)4)28(5)23(32)29(6)21(18)31/h8-10,12-13,16H,7,11,14H2,1-6H3,(H,25,30). The van der Waals surface area contributed by atoms with Gasteiger partial charge in [-0.05, 0) is 12.0 Å². The number of hydrogen-bond donors (Lipinski definition) is 1. The van der Waals surface area contributed by atoms with Crippen LogP contribution in [0.15, 0.2) is 44.9 Å². The monoisotopic (exact) mass is 469 g/mol. The van der Waals surface area contributed by atoms with Crippen molar-refractivity contribution in [1.29, 1.82) is 0 Å². The van der Waals surface area contributed by atoms with Gasteiger partial charge in [-0.25, -0.2) is 14.8 Å². The van der Waals surface area contributed by atoms with Gasteiger partial charge in [-0.3, -0.25) is 18.7 Å². The Balaban J connectivity index is 1.95. The Bertz CT molecular complexity index is 1280. The maximum atomic E-state index is 12.9. The third kappa shape index (κ3) is 5.35. The van der Waals surface area contributed by atoms with Gasteiger partial charge < -0.3 is 5.32 Å². The van der Waals surface area contributed by atoms with Gasteiger partial charge in [0.1, 0.15) is 16.2 Å². The van der Waals surface area contributed by atoms with Gasteiger partial charge in [-0.1, -0.05) is 76.2 Å². The number of aromatic nitrogens is 4. The van der Waals surface area contributed by atoms with Gasteiger partial charge >= 0.3 is 5.69 Å². The van der Waals surface area contributed by atoms with E-state index >= 15 is 0 Å². The molecular weight excluding hydrogens is 438 g/mol. The van der Waals surface area contributed by atoms with Crippen LogP contribution >= 0.6 is 11.8 Å². The molecular formula is C24H31N5O3S. The fraction of sp³-hybridized carbons (Fsp3) is 0.458. The molecule has 0 aliphatic carbocycles. The Morgan fingerprint density at radius 3 is 2.36 bits per heavy atom. The van der Waals surface area contributed by atoms with Crippen molar-refractivity contribution in [3.8, 4) is 0 Å². The molecule has 1 atom stereocenters. The second-order valence-corrected chi connectivity index (χ2v) is 10.1. The Labute approximate surface area is 197 Å². The summed E-state index contributed by atoms with van der Waals surface area (Å²) < 4.78 is 2.39. The van der Waals surface area contributed by atoms with Crippen LogP contribution in [0.2, 0.25) is 0 Å². The van der Waals surface area contributed by atoms with Gasteiger partial charge in [-0.15, -0.1) is 0 Å². The quantitative estimate of drug-likeness (QED) is 0.422. The molecule has 3 rings (SSSR count). The Kier molecular flexibility index (Phi) is 7.41. The highest BCUT2D eigenvalue weighted by Crippen LogP contribution is 2.27. The van der Waals surface area contributed by atoms with Crippen LogP contribution in [0.5, 0.6) is 0 Å². The second kappa shape index (κ2) is 9.91. The van der Waals surface area contributed by atoms with E-state index in [-0.39, 0.29) is 28.7 Å². The average Bonchev–Trinajstić information content (AvgIpc) is 2.79. The van der Waals surface area contributed by atoms with Crippen molar-refractivity contribution in [2.24, 2.45) is 14.1 Å². The second-order valence-electron chi connectivity index (χ2n) is 9.11. The zero-order valence-electron chi connectivity index (χ0n) is 20.0. The van der Waals surface area contributed by atoms with Crippen molar-refractivity contribution >= 4 is 28.7 Å². The third-order valence-corrected chi connectivity index (χ3v) is 6.37. The SMILES string of the molecule is CCCC(NC(=O)CSc1nc(C(C)(C)C)nc2c1c(=O)n(C)c(=O)n2C)c1ccccc1. The van der Waals surface area contributed by atoms with Gasteiger partial charge in [0.25, 0.3) is 5.56 Å². The highest BCUT2D eigenvalue weighted by Gasteiger charge is 2.24. The van der Waals surface area contributed by atoms with Crippen LogP contribution in [0, 0.1) is 0 Å². The van der Waals surface area contributed by atoms with Gasteiger partial charge in [0.2, 0.25) is 5.91 Å². The van der Waals surface area contributed by atoms with Crippen molar-refractivity contribution in [2.45, 2.75) is 57.0 Å². The predicted molar refractivity (Wildman–Crippen MR) is 132 cm³/mol. The molecule has 1 amide bonds. The number of nitrogens with one attached hydrogen (secondary N) is 1. The maximum Gasteiger partial charge on any atom is 0.332 e. The van der Waals surface area contributed by atoms with Crippen molar-refractivity contribution in [3.63, 3.8) is 0 Å². The molecule has 0 saturated carbocycles.